The Morgan fingerprint density at radius 1 is 1.24 bits per heavy atom. The van der Waals surface area contributed by atoms with Gasteiger partial charge in [-0.05, 0) is 24.6 Å². The molecule has 0 fully saturated rings. The van der Waals surface area contributed by atoms with Gasteiger partial charge in [0, 0.05) is 0 Å². The van der Waals surface area contributed by atoms with Crippen molar-refractivity contribution >= 4 is 5.97 Å². The first-order chi connectivity index (χ1) is 8.12. The second kappa shape index (κ2) is 5.98. The number of methoxy groups -OCH3 is 2. The van der Waals surface area contributed by atoms with Crippen molar-refractivity contribution in [2.45, 2.75) is 13.3 Å². The largest absolute Gasteiger partial charge is 0.502 e. The van der Waals surface area contributed by atoms with Crippen molar-refractivity contribution in [3.05, 3.63) is 17.7 Å². The summed E-state index contributed by atoms with van der Waals surface area (Å²) in [6.07, 6.45) is 0.112. The predicted octanol–water partition coefficient (Wildman–Crippen LogP) is 1.51. The summed E-state index contributed by atoms with van der Waals surface area (Å²) in [5.74, 6) is 0.122. The Labute approximate surface area is 99.9 Å². The van der Waals surface area contributed by atoms with E-state index in [1.807, 2.05) is 0 Å². The summed E-state index contributed by atoms with van der Waals surface area (Å²) in [7, 11) is 2.87. The second-order valence-corrected chi connectivity index (χ2v) is 3.33. The van der Waals surface area contributed by atoms with Crippen LogP contribution in [0, 0.1) is 0 Å². The van der Waals surface area contributed by atoms with E-state index in [1.165, 1.54) is 14.2 Å². The van der Waals surface area contributed by atoms with Gasteiger partial charge in [0.2, 0.25) is 5.75 Å². The van der Waals surface area contributed by atoms with E-state index in [4.69, 9.17) is 14.2 Å². The summed E-state index contributed by atoms with van der Waals surface area (Å²) >= 11 is 0. The van der Waals surface area contributed by atoms with Gasteiger partial charge in [-0.25, -0.2) is 0 Å². The number of hydrogen-bond acceptors (Lipinski definition) is 5. The molecule has 1 aromatic rings. The van der Waals surface area contributed by atoms with Gasteiger partial charge in [0.1, 0.15) is 0 Å². The van der Waals surface area contributed by atoms with Crippen molar-refractivity contribution in [3.63, 3.8) is 0 Å². The monoisotopic (exact) mass is 240 g/mol. The number of ether oxygens (including phenoxy) is 3. The molecule has 0 bridgehead atoms. The van der Waals surface area contributed by atoms with Gasteiger partial charge >= 0.3 is 5.97 Å². The highest BCUT2D eigenvalue weighted by Gasteiger charge is 2.13. The van der Waals surface area contributed by atoms with Gasteiger partial charge in [-0.15, -0.1) is 0 Å². The van der Waals surface area contributed by atoms with E-state index in [0.717, 1.165) is 0 Å². The summed E-state index contributed by atoms with van der Waals surface area (Å²) in [5.41, 5.74) is 0.662. The van der Waals surface area contributed by atoms with Crippen LogP contribution in [-0.2, 0) is 16.0 Å². The van der Waals surface area contributed by atoms with Gasteiger partial charge in [0.25, 0.3) is 0 Å². The number of aromatic hydroxyl groups is 1. The van der Waals surface area contributed by atoms with Crippen LogP contribution in [0.15, 0.2) is 12.1 Å². The summed E-state index contributed by atoms with van der Waals surface area (Å²) in [5, 5.41) is 9.68. The fourth-order valence-electron chi connectivity index (χ4n) is 1.43. The molecular weight excluding hydrogens is 224 g/mol. The first-order valence-corrected chi connectivity index (χ1v) is 5.21. The average Bonchev–Trinajstić information content (AvgIpc) is 2.31. The molecule has 1 rings (SSSR count). The van der Waals surface area contributed by atoms with Gasteiger partial charge < -0.3 is 19.3 Å². The van der Waals surface area contributed by atoms with Crippen LogP contribution in [0.4, 0.5) is 0 Å². The Morgan fingerprint density at radius 2 is 1.76 bits per heavy atom. The molecule has 0 amide bonds. The zero-order chi connectivity index (χ0) is 12.8. The van der Waals surface area contributed by atoms with Crippen molar-refractivity contribution in [2.24, 2.45) is 0 Å². The third-order valence-corrected chi connectivity index (χ3v) is 2.19. The highest BCUT2D eigenvalue weighted by atomic mass is 16.5. The molecule has 0 spiro atoms. The lowest BCUT2D eigenvalue weighted by Gasteiger charge is -2.10. The Balaban J connectivity index is 2.96. The van der Waals surface area contributed by atoms with Crippen molar-refractivity contribution in [1.82, 2.24) is 0 Å². The van der Waals surface area contributed by atoms with Crippen LogP contribution in [0.3, 0.4) is 0 Å². The highest BCUT2D eigenvalue weighted by Crippen LogP contribution is 2.37. The number of carbonyl (C=O) groups excluding carboxylic acids is 1. The molecule has 5 heteroatoms. The van der Waals surface area contributed by atoms with Crippen LogP contribution in [-0.4, -0.2) is 31.9 Å². The molecule has 0 saturated carbocycles. The summed E-state index contributed by atoms with van der Waals surface area (Å²) in [6, 6.07) is 3.16. The molecule has 94 valence electrons. The fourth-order valence-corrected chi connectivity index (χ4v) is 1.43. The van der Waals surface area contributed by atoms with E-state index >= 15 is 0 Å². The molecular formula is C12H16O5. The SMILES string of the molecule is CCOC(=O)Cc1cc(OC)c(O)c(OC)c1. The van der Waals surface area contributed by atoms with E-state index in [9.17, 15) is 9.90 Å². The van der Waals surface area contributed by atoms with E-state index in [0.29, 0.717) is 12.2 Å². The van der Waals surface area contributed by atoms with Crippen LogP contribution in [0.5, 0.6) is 17.2 Å². The molecule has 0 aromatic heterocycles. The highest BCUT2D eigenvalue weighted by molar-refractivity contribution is 5.73. The minimum atomic E-state index is -0.331. The minimum Gasteiger partial charge on any atom is -0.502 e. The lowest BCUT2D eigenvalue weighted by Crippen LogP contribution is -2.07. The molecule has 0 aliphatic heterocycles. The zero-order valence-electron chi connectivity index (χ0n) is 10.1. The third-order valence-electron chi connectivity index (χ3n) is 2.19. The number of phenols is 1. The van der Waals surface area contributed by atoms with Gasteiger partial charge in [-0.1, -0.05) is 0 Å². The average molecular weight is 240 g/mol. The summed E-state index contributed by atoms with van der Waals surface area (Å²) in [6.45, 7) is 2.08. The van der Waals surface area contributed by atoms with E-state index in [1.54, 1.807) is 19.1 Å². The Hall–Kier alpha value is -1.91. The molecule has 1 aromatic carbocycles. The number of carbonyl (C=O) groups is 1. The molecule has 0 heterocycles. The second-order valence-electron chi connectivity index (χ2n) is 3.33. The normalized spacial score (nSPS) is 9.82. The van der Waals surface area contributed by atoms with Crippen molar-refractivity contribution < 1.29 is 24.1 Å². The Morgan fingerprint density at radius 3 is 2.18 bits per heavy atom. The van der Waals surface area contributed by atoms with Crippen LogP contribution < -0.4 is 9.47 Å². The van der Waals surface area contributed by atoms with Gasteiger partial charge in [-0.3, -0.25) is 4.79 Å². The minimum absolute atomic E-state index is 0.0809. The van der Waals surface area contributed by atoms with Crippen LogP contribution >= 0.6 is 0 Å². The Kier molecular flexibility index (Phi) is 4.63. The maximum atomic E-state index is 11.3. The molecule has 0 saturated heterocycles. The first-order valence-electron chi connectivity index (χ1n) is 5.21. The smallest absolute Gasteiger partial charge is 0.310 e. The standard InChI is InChI=1S/C12H16O5/c1-4-17-11(13)7-8-5-9(15-2)12(14)10(6-8)16-3/h5-6,14H,4,7H2,1-3H3. The van der Waals surface area contributed by atoms with Crippen molar-refractivity contribution in [2.75, 3.05) is 20.8 Å². The number of benzene rings is 1. The van der Waals surface area contributed by atoms with E-state index in [2.05, 4.69) is 0 Å². The number of phenolic OH excluding ortho intramolecular Hbond substituents is 1. The Bertz CT molecular complexity index is 375. The fraction of sp³-hybridized carbons (Fsp3) is 0.417. The van der Waals surface area contributed by atoms with Gasteiger partial charge in [0.05, 0.1) is 27.2 Å². The van der Waals surface area contributed by atoms with E-state index in [-0.39, 0.29) is 29.6 Å². The van der Waals surface area contributed by atoms with Gasteiger partial charge in [-0.2, -0.15) is 0 Å². The molecule has 17 heavy (non-hydrogen) atoms. The number of rotatable bonds is 5. The molecule has 5 nitrogen and oxygen atoms in total. The molecule has 1 N–H and O–H groups in total. The summed E-state index contributed by atoms with van der Waals surface area (Å²) < 4.78 is 14.8. The van der Waals surface area contributed by atoms with Crippen LogP contribution in [0.25, 0.3) is 0 Å². The maximum absolute atomic E-state index is 11.3. The molecule has 0 radical (unpaired) electrons. The predicted molar refractivity (Wildman–Crippen MR) is 61.5 cm³/mol. The number of hydrogen-bond donors (Lipinski definition) is 1. The summed E-state index contributed by atoms with van der Waals surface area (Å²) in [4.78, 5) is 11.3. The quantitative estimate of drug-likeness (QED) is 0.790. The first kappa shape index (κ1) is 13.2. The molecule has 0 aliphatic carbocycles. The maximum Gasteiger partial charge on any atom is 0.310 e. The number of esters is 1. The lowest BCUT2D eigenvalue weighted by molar-refractivity contribution is -0.142. The lowest BCUT2D eigenvalue weighted by atomic mass is 10.1. The zero-order valence-corrected chi connectivity index (χ0v) is 10.1. The molecule has 0 unspecified atom stereocenters. The van der Waals surface area contributed by atoms with Crippen LogP contribution in [0.1, 0.15) is 12.5 Å². The molecule has 0 aliphatic rings. The molecule has 0 atom stereocenters. The van der Waals surface area contributed by atoms with Crippen LogP contribution in [0.2, 0.25) is 0 Å². The third kappa shape index (κ3) is 3.27. The van der Waals surface area contributed by atoms with Gasteiger partial charge in [0.15, 0.2) is 11.5 Å². The topological polar surface area (TPSA) is 65.0 Å². The van der Waals surface area contributed by atoms with Crippen molar-refractivity contribution in [3.8, 4) is 17.2 Å². The van der Waals surface area contributed by atoms with E-state index < -0.39 is 0 Å². The van der Waals surface area contributed by atoms with Crippen molar-refractivity contribution in [1.29, 1.82) is 0 Å².